The lowest BCUT2D eigenvalue weighted by molar-refractivity contribution is 0.823. The second-order valence-electron chi connectivity index (χ2n) is 4.20. The molecule has 3 rings (SSSR count). The topological polar surface area (TPSA) is 25.2 Å². The first-order chi connectivity index (χ1) is 8.45. The first kappa shape index (κ1) is 10.2. The van der Waals surface area contributed by atoms with Gasteiger partial charge in [-0.05, 0) is 25.0 Å². The molecule has 17 heavy (non-hydrogen) atoms. The fourth-order valence-electron chi connectivity index (χ4n) is 2.22. The summed E-state index contributed by atoms with van der Waals surface area (Å²) < 4.78 is 0. The Morgan fingerprint density at radius 3 is 2.71 bits per heavy atom. The predicted octanol–water partition coefficient (Wildman–Crippen LogP) is 2.87. The van der Waals surface area contributed by atoms with E-state index in [0.29, 0.717) is 0 Å². The molecule has 0 saturated heterocycles. The van der Waals surface area contributed by atoms with Gasteiger partial charge in [0.25, 0.3) is 0 Å². The van der Waals surface area contributed by atoms with Crippen molar-refractivity contribution >= 4 is 5.71 Å². The molecule has 0 aliphatic carbocycles. The first-order valence-corrected chi connectivity index (χ1v) is 5.99. The van der Waals surface area contributed by atoms with Gasteiger partial charge in [0.2, 0.25) is 0 Å². The predicted molar refractivity (Wildman–Crippen MR) is 69.5 cm³/mol. The molecular weight excluding hydrogens is 208 g/mol. The number of fused-ring (bicyclic) bond motifs is 1. The fraction of sp³-hybridized carbons (Fsp3) is 0.200. The van der Waals surface area contributed by atoms with Gasteiger partial charge in [-0.25, -0.2) is 0 Å². The monoisotopic (exact) mass is 222 g/mol. The number of rotatable bonds is 1. The van der Waals surface area contributed by atoms with Crippen molar-refractivity contribution in [1.29, 1.82) is 0 Å². The van der Waals surface area contributed by atoms with Crippen molar-refractivity contribution in [3.63, 3.8) is 0 Å². The maximum atomic E-state index is 4.71. The van der Waals surface area contributed by atoms with Crippen LogP contribution in [0.3, 0.4) is 0 Å². The van der Waals surface area contributed by atoms with E-state index in [4.69, 9.17) is 4.99 Å². The highest BCUT2D eigenvalue weighted by atomic mass is 14.8. The van der Waals surface area contributed by atoms with Gasteiger partial charge in [0.1, 0.15) is 0 Å². The van der Waals surface area contributed by atoms with Crippen LogP contribution in [0.2, 0.25) is 0 Å². The second-order valence-corrected chi connectivity index (χ2v) is 4.20. The van der Waals surface area contributed by atoms with Crippen LogP contribution in [-0.4, -0.2) is 17.2 Å². The van der Waals surface area contributed by atoms with E-state index < -0.39 is 0 Å². The van der Waals surface area contributed by atoms with Gasteiger partial charge in [0, 0.05) is 29.6 Å². The van der Waals surface area contributed by atoms with Crippen LogP contribution in [0.4, 0.5) is 0 Å². The van der Waals surface area contributed by atoms with E-state index in [-0.39, 0.29) is 0 Å². The normalized spacial score (nSPS) is 14.7. The number of nitrogens with zero attached hydrogens (tertiary/aromatic N) is 2. The van der Waals surface area contributed by atoms with Crippen molar-refractivity contribution < 1.29 is 0 Å². The largest absolute Gasteiger partial charge is 0.284 e. The van der Waals surface area contributed by atoms with Crippen LogP contribution in [0.5, 0.6) is 0 Å². The molecule has 1 aromatic heterocycles. The number of aryl methyl sites for hydroxylation is 1. The van der Waals surface area contributed by atoms with Crippen LogP contribution in [0.15, 0.2) is 53.7 Å². The number of hydrogen-bond acceptors (Lipinski definition) is 2. The summed E-state index contributed by atoms with van der Waals surface area (Å²) in [6.45, 7) is 0.889. The van der Waals surface area contributed by atoms with Gasteiger partial charge in [-0.1, -0.05) is 30.3 Å². The number of hydrogen-bond donors (Lipinski definition) is 0. The molecule has 0 spiro atoms. The summed E-state index contributed by atoms with van der Waals surface area (Å²) >= 11 is 0. The summed E-state index contributed by atoms with van der Waals surface area (Å²) in [5.74, 6) is 0. The summed E-state index contributed by atoms with van der Waals surface area (Å²) in [5, 5.41) is 0. The molecule has 84 valence electrons. The molecule has 1 aliphatic rings. The molecule has 2 heteroatoms. The molecule has 2 aromatic rings. The Kier molecular flexibility index (Phi) is 2.70. The van der Waals surface area contributed by atoms with E-state index >= 15 is 0 Å². The van der Waals surface area contributed by atoms with Gasteiger partial charge in [-0.2, -0.15) is 0 Å². The smallest absolute Gasteiger partial charge is 0.0737 e. The minimum absolute atomic E-state index is 0.889. The van der Waals surface area contributed by atoms with Gasteiger partial charge in [-0.3, -0.25) is 9.98 Å². The Morgan fingerprint density at radius 2 is 1.82 bits per heavy atom. The van der Waals surface area contributed by atoms with Gasteiger partial charge in [0.05, 0.1) is 5.71 Å². The fourth-order valence-corrected chi connectivity index (χ4v) is 2.22. The Labute approximate surface area is 101 Å². The van der Waals surface area contributed by atoms with Crippen molar-refractivity contribution in [3.05, 3.63) is 65.5 Å². The zero-order chi connectivity index (χ0) is 11.5. The molecule has 0 radical (unpaired) electrons. The molecule has 2 heterocycles. The van der Waals surface area contributed by atoms with Gasteiger partial charge in [-0.15, -0.1) is 0 Å². The van der Waals surface area contributed by atoms with E-state index in [1.165, 1.54) is 16.8 Å². The van der Waals surface area contributed by atoms with Crippen molar-refractivity contribution in [2.24, 2.45) is 4.99 Å². The molecule has 1 aromatic carbocycles. The highest BCUT2D eigenvalue weighted by Crippen LogP contribution is 2.18. The average Bonchev–Trinajstić information content (AvgIpc) is 2.62. The van der Waals surface area contributed by atoms with E-state index in [0.717, 1.165) is 25.1 Å². The standard InChI is InChI=1S/C15H14N2/c1-2-6-12(7-3-1)15-13-8-4-10-16-14(13)9-5-11-17-15/h1-4,6-8,10H,5,9,11H2. The average molecular weight is 222 g/mol. The maximum absolute atomic E-state index is 4.71. The lowest BCUT2D eigenvalue weighted by Crippen LogP contribution is -2.06. The lowest BCUT2D eigenvalue weighted by atomic mass is 10.0. The maximum Gasteiger partial charge on any atom is 0.0737 e. The number of aromatic nitrogens is 1. The van der Waals surface area contributed by atoms with Crippen molar-refractivity contribution in [3.8, 4) is 0 Å². The summed E-state index contributed by atoms with van der Waals surface area (Å²) in [6, 6.07) is 14.5. The van der Waals surface area contributed by atoms with Gasteiger partial charge >= 0.3 is 0 Å². The Balaban J connectivity index is 2.14. The van der Waals surface area contributed by atoms with Crippen molar-refractivity contribution in [2.45, 2.75) is 12.8 Å². The van der Waals surface area contributed by atoms with Crippen LogP contribution in [0.25, 0.3) is 0 Å². The molecule has 0 fully saturated rings. The number of benzene rings is 1. The van der Waals surface area contributed by atoms with Crippen molar-refractivity contribution in [2.75, 3.05) is 6.54 Å². The molecule has 0 saturated carbocycles. The molecule has 0 atom stereocenters. The van der Waals surface area contributed by atoms with E-state index in [9.17, 15) is 0 Å². The Hall–Kier alpha value is -1.96. The van der Waals surface area contributed by atoms with Crippen LogP contribution in [-0.2, 0) is 6.42 Å². The van der Waals surface area contributed by atoms with Gasteiger partial charge < -0.3 is 0 Å². The second kappa shape index (κ2) is 4.50. The minimum Gasteiger partial charge on any atom is -0.284 e. The zero-order valence-corrected chi connectivity index (χ0v) is 9.63. The quantitative estimate of drug-likeness (QED) is 0.728. The van der Waals surface area contributed by atoms with Gasteiger partial charge in [0.15, 0.2) is 0 Å². The molecule has 0 bridgehead atoms. The third-order valence-electron chi connectivity index (χ3n) is 3.03. The van der Waals surface area contributed by atoms with E-state index in [2.05, 4.69) is 35.3 Å². The summed E-state index contributed by atoms with van der Waals surface area (Å²) in [5.41, 5.74) is 4.64. The zero-order valence-electron chi connectivity index (χ0n) is 9.63. The summed E-state index contributed by atoms with van der Waals surface area (Å²) in [4.78, 5) is 9.19. The first-order valence-electron chi connectivity index (χ1n) is 5.99. The summed E-state index contributed by atoms with van der Waals surface area (Å²) in [7, 11) is 0. The molecule has 1 aliphatic heterocycles. The van der Waals surface area contributed by atoms with Crippen LogP contribution >= 0.6 is 0 Å². The van der Waals surface area contributed by atoms with Crippen LogP contribution in [0, 0.1) is 0 Å². The Morgan fingerprint density at radius 1 is 0.941 bits per heavy atom. The SMILES string of the molecule is c1ccc(C2=NCCCc3ncccc32)cc1. The molecular formula is C15H14N2. The Bertz CT molecular complexity index is 544. The lowest BCUT2D eigenvalue weighted by Gasteiger charge is -2.08. The highest BCUT2D eigenvalue weighted by Gasteiger charge is 2.14. The summed E-state index contributed by atoms with van der Waals surface area (Å²) in [6.07, 6.45) is 3.98. The molecule has 0 unspecified atom stereocenters. The van der Waals surface area contributed by atoms with Crippen molar-refractivity contribution in [1.82, 2.24) is 4.98 Å². The molecule has 0 N–H and O–H groups in total. The third-order valence-corrected chi connectivity index (χ3v) is 3.03. The highest BCUT2D eigenvalue weighted by molar-refractivity contribution is 6.13. The number of aliphatic imine (C=N–C) groups is 1. The van der Waals surface area contributed by atoms with Crippen LogP contribution < -0.4 is 0 Å². The minimum atomic E-state index is 0.889. The molecule has 0 amide bonds. The number of pyridine rings is 1. The van der Waals surface area contributed by atoms with E-state index in [1.54, 1.807) is 0 Å². The molecule has 2 nitrogen and oxygen atoms in total. The third kappa shape index (κ3) is 1.98. The van der Waals surface area contributed by atoms with E-state index in [1.807, 2.05) is 18.3 Å². The van der Waals surface area contributed by atoms with Crippen LogP contribution in [0.1, 0.15) is 23.2 Å².